The van der Waals surface area contributed by atoms with Crippen LogP contribution in [0.3, 0.4) is 0 Å². The fraction of sp³-hybridized carbons (Fsp3) is 0.300. The van der Waals surface area contributed by atoms with Gasteiger partial charge in [-0.1, -0.05) is 11.6 Å². The van der Waals surface area contributed by atoms with Crippen molar-refractivity contribution in [2.75, 3.05) is 44.1 Å². The lowest BCUT2D eigenvalue weighted by Gasteiger charge is -2.29. The number of methoxy groups -OCH3 is 2. The molecule has 0 aromatic heterocycles. The topological polar surface area (TPSA) is 79.9 Å². The van der Waals surface area contributed by atoms with Crippen molar-refractivity contribution in [3.8, 4) is 11.5 Å². The van der Waals surface area contributed by atoms with Gasteiger partial charge in [0.05, 0.1) is 31.5 Å². The van der Waals surface area contributed by atoms with Gasteiger partial charge in [0.1, 0.15) is 11.5 Å². The van der Waals surface area contributed by atoms with E-state index in [1.807, 2.05) is 11.8 Å². The van der Waals surface area contributed by atoms with Crippen LogP contribution in [0.15, 0.2) is 30.3 Å². The van der Waals surface area contributed by atoms with Crippen molar-refractivity contribution in [2.24, 2.45) is 0 Å². The molecule has 0 saturated carbocycles. The zero-order valence-electron chi connectivity index (χ0n) is 16.0. The summed E-state index contributed by atoms with van der Waals surface area (Å²) in [4.78, 5) is 26.2. The number of carbonyl (C=O) groups excluding carboxylic acids is 2. The Labute approximate surface area is 168 Å². The standard InChI is InChI=1S/C20H22ClN3O4/c1-12-17(27-2)8-13(9-18(12)28-3)20(26)23-14-4-5-16(15(21)10-14)24-7-6-22-19(25)11-24/h4-5,8-10H,6-7,11H2,1-3H3,(H,22,25)(H,23,26). The molecule has 28 heavy (non-hydrogen) atoms. The first kappa shape index (κ1) is 19.8. The van der Waals surface area contributed by atoms with E-state index < -0.39 is 0 Å². The summed E-state index contributed by atoms with van der Waals surface area (Å²) >= 11 is 6.39. The Bertz CT molecular complexity index is 891. The summed E-state index contributed by atoms with van der Waals surface area (Å²) in [5.74, 6) is 0.794. The number of amides is 2. The second-order valence-corrected chi connectivity index (χ2v) is 6.80. The monoisotopic (exact) mass is 403 g/mol. The molecule has 0 aliphatic carbocycles. The third-order valence-corrected chi connectivity index (χ3v) is 4.90. The minimum absolute atomic E-state index is 0.0399. The van der Waals surface area contributed by atoms with Gasteiger partial charge in [0.25, 0.3) is 5.91 Å². The van der Waals surface area contributed by atoms with Gasteiger partial charge in [0.15, 0.2) is 0 Å². The number of halogens is 1. The first-order chi connectivity index (χ1) is 13.4. The predicted molar refractivity (Wildman–Crippen MR) is 109 cm³/mol. The van der Waals surface area contributed by atoms with E-state index in [4.69, 9.17) is 21.1 Å². The number of hydrogen-bond donors (Lipinski definition) is 2. The first-order valence-corrected chi connectivity index (χ1v) is 9.16. The van der Waals surface area contributed by atoms with E-state index in [1.165, 1.54) is 0 Å². The number of benzene rings is 2. The van der Waals surface area contributed by atoms with E-state index in [9.17, 15) is 9.59 Å². The van der Waals surface area contributed by atoms with E-state index in [2.05, 4.69) is 10.6 Å². The molecule has 1 fully saturated rings. The van der Waals surface area contributed by atoms with Crippen molar-refractivity contribution in [1.82, 2.24) is 5.32 Å². The number of ether oxygens (including phenoxy) is 2. The molecule has 1 heterocycles. The number of hydrogen-bond acceptors (Lipinski definition) is 5. The Hall–Kier alpha value is -2.93. The maximum atomic E-state index is 12.7. The molecule has 2 aromatic carbocycles. The van der Waals surface area contributed by atoms with Crippen molar-refractivity contribution in [2.45, 2.75) is 6.92 Å². The number of rotatable bonds is 5. The van der Waals surface area contributed by atoms with E-state index in [1.54, 1.807) is 44.6 Å². The van der Waals surface area contributed by atoms with Gasteiger partial charge in [-0.15, -0.1) is 0 Å². The lowest BCUT2D eigenvalue weighted by atomic mass is 10.1. The van der Waals surface area contributed by atoms with E-state index >= 15 is 0 Å². The second-order valence-electron chi connectivity index (χ2n) is 6.40. The summed E-state index contributed by atoms with van der Waals surface area (Å²) in [7, 11) is 3.09. The maximum Gasteiger partial charge on any atom is 0.255 e. The summed E-state index contributed by atoms with van der Waals surface area (Å²) in [6.45, 7) is 3.37. The number of nitrogens with zero attached hydrogens (tertiary/aromatic N) is 1. The third-order valence-electron chi connectivity index (χ3n) is 4.60. The van der Waals surface area contributed by atoms with Crippen molar-refractivity contribution in [3.05, 3.63) is 46.5 Å². The number of anilines is 2. The zero-order valence-corrected chi connectivity index (χ0v) is 16.7. The summed E-state index contributed by atoms with van der Waals surface area (Å²) in [5.41, 5.74) is 2.54. The van der Waals surface area contributed by atoms with Crippen LogP contribution in [0.2, 0.25) is 5.02 Å². The molecule has 3 rings (SSSR count). The van der Waals surface area contributed by atoms with Crippen LogP contribution >= 0.6 is 11.6 Å². The lowest BCUT2D eigenvalue weighted by Crippen LogP contribution is -2.47. The van der Waals surface area contributed by atoms with Crippen LogP contribution in [0.4, 0.5) is 11.4 Å². The van der Waals surface area contributed by atoms with E-state index in [-0.39, 0.29) is 18.4 Å². The Morgan fingerprint density at radius 1 is 1.18 bits per heavy atom. The summed E-state index contributed by atoms with van der Waals surface area (Å²) in [6, 6.07) is 8.55. The van der Waals surface area contributed by atoms with Crippen molar-refractivity contribution >= 4 is 34.8 Å². The van der Waals surface area contributed by atoms with Gasteiger partial charge in [0.2, 0.25) is 5.91 Å². The Morgan fingerprint density at radius 3 is 2.43 bits per heavy atom. The Morgan fingerprint density at radius 2 is 1.86 bits per heavy atom. The van der Waals surface area contributed by atoms with Crippen LogP contribution in [-0.2, 0) is 4.79 Å². The van der Waals surface area contributed by atoms with Crippen molar-refractivity contribution < 1.29 is 19.1 Å². The number of nitrogens with one attached hydrogen (secondary N) is 2. The van der Waals surface area contributed by atoms with Crippen LogP contribution < -0.4 is 25.0 Å². The fourth-order valence-electron chi connectivity index (χ4n) is 3.11. The largest absolute Gasteiger partial charge is 0.496 e. The second kappa shape index (κ2) is 8.39. The molecule has 0 bridgehead atoms. The zero-order chi connectivity index (χ0) is 20.3. The smallest absolute Gasteiger partial charge is 0.255 e. The minimum atomic E-state index is -0.308. The average Bonchev–Trinajstić information content (AvgIpc) is 2.68. The van der Waals surface area contributed by atoms with Crippen LogP contribution in [-0.4, -0.2) is 45.7 Å². The number of piperazine rings is 1. The molecule has 0 radical (unpaired) electrons. The highest BCUT2D eigenvalue weighted by Gasteiger charge is 2.19. The molecule has 0 unspecified atom stereocenters. The van der Waals surface area contributed by atoms with Crippen LogP contribution in [0.1, 0.15) is 15.9 Å². The van der Waals surface area contributed by atoms with Crippen LogP contribution in [0.5, 0.6) is 11.5 Å². The molecular weight excluding hydrogens is 382 g/mol. The van der Waals surface area contributed by atoms with Gasteiger partial charge in [-0.25, -0.2) is 0 Å². The highest BCUT2D eigenvalue weighted by molar-refractivity contribution is 6.33. The molecule has 1 saturated heterocycles. The van der Waals surface area contributed by atoms with Crippen LogP contribution in [0, 0.1) is 6.92 Å². The minimum Gasteiger partial charge on any atom is -0.496 e. The van der Waals surface area contributed by atoms with E-state index in [0.29, 0.717) is 40.9 Å². The van der Waals surface area contributed by atoms with E-state index in [0.717, 1.165) is 11.3 Å². The molecule has 8 heteroatoms. The molecule has 0 atom stereocenters. The van der Waals surface area contributed by atoms with Gasteiger partial charge in [-0.3, -0.25) is 9.59 Å². The average molecular weight is 404 g/mol. The van der Waals surface area contributed by atoms with Crippen molar-refractivity contribution in [3.63, 3.8) is 0 Å². The molecule has 7 nitrogen and oxygen atoms in total. The molecule has 2 amide bonds. The molecule has 148 valence electrons. The number of carbonyl (C=O) groups is 2. The molecule has 1 aliphatic rings. The highest BCUT2D eigenvalue weighted by Crippen LogP contribution is 2.31. The maximum absolute atomic E-state index is 12.7. The van der Waals surface area contributed by atoms with Gasteiger partial charge < -0.3 is 25.0 Å². The first-order valence-electron chi connectivity index (χ1n) is 8.78. The molecule has 2 aromatic rings. The summed E-state index contributed by atoms with van der Waals surface area (Å²) < 4.78 is 10.6. The Kier molecular flexibility index (Phi) is 5.94. The van der Waals surface area contributed by atoms with Gasteiger partial charge in [-0.2, -0.15) is 0 Å². The molecule has 0 spiro atoms. The van der Waals surface area contributed by atoms with Crippen LogP contribution in [0.25, 0.3) is 0 Å². The summed E-state index contributed by atoms with van der Waals surface area (Å²) in [6.07, 6.45) is 0. The normalized spacial score (nSPS) is 13.7. The van der Waals surface area contributed by atoms with Gasteiger partial charge >= 0.3 is 0 Å². The lowest BCUT2D eigenvalue weighted by molar-refractivity contribution is -0.120. The van der Waals surface area contributed by atoms with Gasteiger partial charge in [0, 0.05) is 29.9 Å². The molecular formula is C20H22ClN3O4. The summed E-state index contributed by atoms with van der Waals surface area (Å²) in [5, 5.41) is 6.07. The quantitative estimate of drug-likeness (QED) is 0.802. The highest BCUT2D eigenvalue weighted by atomic mass is 35.5. The van der Waals surface area contributed by atoms with Gasteiger partial charge in [-0.05, 0) is 37.3 Å². The molecule has 2 N–H and O–H groups in total. The third kappa shape index (κ3) is 4.14. The fourth-order valence-corrected chi connectivity index (χ4v) is 3.41. The Balaban J connectivity index is 1.79. The predicted octanol–water partition coefficient (Wildman–Crippen LogP) is 2.85. The SMILES string of the molecule is COc1cc(C(=O)Nc2ccc(N3CCNC(=O)C3)c(Cl)c2)cc(OC)c1C. The molecule has 1 aliphatic heterocycles. The van der Waals surface area contributed by atoms with Crippen molar-refractivity contribution in [1.29, 1.82) is 0 Å².